The van der Waals surface area contributed by atoms with E-state index in [9.17, 15) is 4.79 Å². The quantitative estimate of drug-likeness (QED) is 0.538. The molecule has 22 heavy (non-hydrogen) atoms. The maximum Gasteiger partial charge on any atom is 0.234 e. The molecule has 0 aliphatic carbocycles. The molecule has 0 spiro atoms. The zero-order valence-electron chi connectivity index (χ0n) is 11.8. The van der Waals surface area contributed by atoms with Gasteiger partial charge in [-0.1, -0.05) is 33.8 Å². The van der Waals surface area contributed by atoms with Crippen molar-refractivity contribution in [2.45, 2.75) is 18.6 Å². The molecule has 1 N–H and O–H groups in total. The van der Waals surface area contributed by atoms with E-state index < -0.39 is 0 Å². The fraction of sp³-hybridized carbons (Fsp3) is 0.214. The Morgan fingerprint density at radius 1 is 1.45 bits per heavy atom. The first kappa shape index (κ1) is 17.2. The highest BCUT2D eigenvalue weighted by Crippen LogP contribution is 2.26. The second-order valence-corrected chi connectivity index (χ2v) is 7.10. The van der Waals surface area contributed by atoms with Crippen LogP contribution in [0.2, 0.25) is 0 Å². The zero-order valence-corrected chi connectivity index (χ0v) is 15.8. The van der Waals surface area contributed by atoms with Crippen LogP contribution < -0.4 is 5.32 Å². The summed E-state index contributed by atoms with van der Waals surface area (Å²) in [5, 5.41) is 11.7. The lowest BCUT2D eigenvalue weighted by Gasteiger charge is -2.08. The average Bonchev–Trinajstić information content (AvgIpc) is 2.81. The fourth-order valence-electron chi connectivity index (χ4n) is 1.71. The van der Waals surface area contributed by atoms with Gasteiger partial charge >= 0.3 is 0 Å². The number of allylic oxidation sites excluding steroid dienone is 1. The molecule has 5 nitrogen and oxygen atoms in total. The summed E-state index contributed by atoms with van der Waals surface area (Å²) in [6.45, 7) is 6.21. The van der Waals surface area contributed by atoms with Crippen LogP contribution >= 0.6 is 43.6 Å². The van der Waals surface area contributed by atoms with E-state index in [2.05, 4.69) is 54.0 Å². The van der Waals surface area contributed by atoms with Gasteiger partial charge in [-0.05, 0) is 41.1 Å². The van der Waals surface area contributed by atoms with Gasteiger partial charge in [-0.2, -0.15) is 0 Å². The fourth-order valence-corrected chi connectivity index (χ4v) is 3.65. The Hall–Kier alpha value is -1.12. The first-order valence-corrected chi connectivity index (χ1v) is 8.97. The standard InChI is InChI=1S/C14H14Br2N4OS/c1-3-6-20-9(2)18-19-14(20)22-8-13(21)17-12-5-4-10(15)7-11(12)16/h3-5,7H,1,6,8H2,2H3,(H,17,21). The van der Waals surface area contributed by atoms with Crippen LogP contribution in [0.25, 0.3) is 0 Å². The number of carbonyl (C=O) groups excluding carboxylic acids is 1. The zero-order chi connectivity index (χ0) is 16.1. The summed E-state index contributed by atoms with van der Waals surface area (Å²) in [6, 6.07) is 5.59. The van der Waals surface area contributed by atoms with Crippen molar-refractivity contribution in [1.82, 2.24) is 14.8 Å². The molecule has 0 aliphatic rings. The van der Waals surface area contributed by atoms with Crippen molar-refractivity contribution >= 4 is 55.2 Å². The number of aryl methyl sites for hydroxylation is 1. The topological polar surface area (TPSA) is 59.8 Å². The maximum atomic E-state index is 12.1. The number of hydrogen-bond donors (Lipinski definition) is 1. The monoisotopic (exact) mass is 444 g/mol. The molecule has 0 radical (unpaired) electrons. The molecule has 1 amide bonds. The second kappa shape index (κ2) is 7.94. The molecule has 2 rings (SSSR count). The van der Waals surface area contributed by atoms with Gasteiger partial charge in [0.15, 0.2) is 5.16 Å². The summed E-state index contributed by atoms with van der Waals surface area (Å²) in [7, 11) is 0. The number of amides is 1. The number of aromatic nitrogens is 3. The van der Waals surface area contributed by atoms with Crippen LogP contribution in [0.15, 0.2) is 45.0 Å². The van der Waals surface area contributed by atoms with Gasteiger partial charge in [0.05, 0.1) is 11.4 Å². The Labute approximate surface area is 149 Å². The van der Waals surface area contributed by atoms with Crippen LogP contribution in [0.5, 0.6) is 0 Å². The Kier molecular flexibility index (Phi) is 6.22. The van der Waals surface area contributed by atoms with E-state index in [-0.39, 0.29) is 11.7 Å². The molecular formula is C14H14Br2N4OS. The molecule has 0 unspecified atom stereocenters. The van der Waals surface area contributed by atoms with Crippen molar-refractivity contribution in [2.24, 2.45) is 0 Å². The van der Waals surface area contributed by atoms with Crippen molar-refractivity contribution in [3.63, 3.8) is 0 Å². The molecule has 2 aromatic rings. The van der Waals surface area contributed by atoms with Gasteiger partial charge in [0.2, 0.25) is 5.91 Å². The molecule has 116 valence electrons. The summed E-state index contributed by atoms with van der Waals surface area (Å²) in [6.07, 6.45) is 1.78. The molecule has 1 aromatic heterocycles. The number of nitrogens with zero attached hydrogens (tertiary/aromatic N) is 3. The number of halogens is 2. The summed E-state index contributed by atoms with van der Waals surface area (Å²) in [5.74, 6) is 0.968. The van der Waals surface area contributed by atoms with Crippen LogP contribution in [0.4, 0.5) is 5.69 Å². The van der Waals surface area contributed by atoms with Gasteiger partial charge in [0, 0.05) is 15.5 Å². The predicted molar refractivity (Wildman–Crippen MR) is 96.2 cm³/mol. The minimum atomic E-state index is -0.0983. The highest BCUT2D eigenvalue weighted by molar-refractivity contribution is 9.11. The summed E-state index contributed by atoms with van der Waals surface area (Å²) in [4.78, 5) is 12.1. The number of hydrogen-bond acceptors (Lipinski definition) is 4. The number of carbonyl (C=O) groups is 1. The van der Waals surface area contributed by atoms with Crippen molar-refractivity contribution in [3.8, 4) is 0 Å². The molecule has 8 heteroatoms. The van der Waals surface area contributed by atoms with Crippen molar-refractivity contribution in [2.75, 3.05) is 11.1 Å². The maximum absolute atomic E-state index is 12.1. The minimum Gasteiger partial charge on any atom is -0.324 e. The van der Waals surface area contributed by atoms with Crippen LogP contribution in [0.1, 0.15) is 5.82 Å². The van der Waals surface area contributed by atoms with Gasteiger partial charge in [0.1, 0.15) is 5.82 Å². The molecule has 0 saturated heterocycles. The first-order valence-electron chi connectivity index (χ1n) is 6.39. The molecule has 0 fully saturated rings. The summed E-state index contributed by atoms with van der Waals surface area (Å²) >= 11 is 8.14. The molecule has 0 aliphatic heterocycles. The molecule has 0 saturated carbocycles. The summed E-state index contributed by atoms with van der Waals surface area (Å²) < 4.78 is 3.69. The molecular weight excluding hydrogens is 432 g/mol. The summed E-state index contributed by atoms with van der Waals surface area (Å²) in [5.41, 5.74) is 0.734. The van der Waals surface area contributed by atoms with E-state index in [1.807, 2.05) is 29.7 Å². The number of nitrogens with one attached hydrogen (secondary N) is 1. The Morgan fingerprint density at radius 2 is 2.23 bits per heavy atom. The van der Waals surface area contributed by atoms with Gasteiger partial charge in [-0.15, -0.1) is 16.8 Å². The van der Waals surface area contributed by atoms with E-state index in [4.69, 9.17) is 0 Å². The second-order valence-electron chi connectivity index (χ2n) is 4.39. The van der Waals surface area contributed by atoms with E-state index in [1.165, 1.54) is 11.8 Å². The minimum absolute atomic E-state index is 0.0983. The third-order valence-corrected chi connectivity index (χ3v) is 4.87. The lowest BCUT2D eigenvalue weighted by molar-refractivity contribution is -0.113. The number of benzene rings is 1. The first-order chi connectivity index (χ1) is 10.5. The SMILES string of the molecule is C=CCn1c(C)nnc1SCC(=O)Nc1ccc(Br)cc1Br. The van der Waals surface area contributed by atoms with E-state index in [1.54, 1.807) is 6.08 Å². The van der Waals surface area contributed by atoms with Crippen molar-refractivity contribution < 1.29 is 4.79 Å². The molecule has 0 bridgehead atoms. The Morgan fingerprint density at radius 3 is 2.91 bits per heavy atom. The molecule has 0 atom stereocenters. The third-order valence-electron chi connectivity index (χ3n) is 2.75. The van der Waals surface area contributed by atoms with Gasteiger partial charge in [-0.3, -0.25) is 4.79 Å². The molecule has 1 aromatic carbocycles. The van der Waals surface area contributed by atoms with Gasteiger partial charge in [-0.25, -0.2) is 0 Å². The van der Waals surface area contributed by atoms with E-state index in [0.717, 1.165) is 20.5 Å². The van der Waals surface area contributed by atoms with Crippen LogP contribution in [-0.4, -0.2) is 26.4 Å². The van der Waals surface area contributed by atoms with Crippen LogP contribution in [0, 0.1) is 6.92 Å². The Balaban J connectivity index is 1.97. The van der Waals surface area contributed by atoms with Crippen molar-refractivity contribution in [3.05, 3.63) is 45.6 Å². The van der Waals surface area contributed by atoms with Crippen LogP contribution in [-0.2, 0) is 11.3 Å². The number of anilines is 1. The normalized spacial score (nSPS) is 10.5. The smallest absolute Gasteiger partial charge is 0.234 e. The lowest BCUT2D eigenvalue weighted by Crippen LogP contribution is -2.15. The Bertz CT molecular complexity index is 702. The van der Waals surface area contributed by atoms with Gasteiger partial charge < -0.3 is 9.88 Å². The largest absolute Gasteiger partial charge is 0.324 e. The van der Waals surface area contributed by atoms with E-state index >= 15 is 0 Å². The average molecular weight is 446 g/mol. The number of rotatable bonds is 6. The number of thioether (sulfide) groups is 1. The van der Waals surface area contributed by atoms with Gasteiger partial charge in [0.25, 0.3) is 0 Å². The molecule has 1 heterocycles. The predicted octanol–water partition coefficient (Wildman–Crippen LogP) is 4.03. The van der Waals surface area contributed by atoms with E-state index in [0.29, 0.717) is 11.7 Å². The highest BCUT2D eigenvalue weighted by atomic mass is 79.9. The van der Waals surface area contributed by atoms with Crippen molar-refractivity contribution in [1.29, 1.82) is 0 Å². The van der Waals surface area contributed by atoms with Crippen LogP contribution in [0.3, 0.4) is 0 Å². The highest BCUT2D eigenvalue weighted by Gasteiger charge is 2.12. The third kappa shape index (κ3) is 4.44. The lowest BCUT2D eigenvalue weighted by atomic mass is 10.3.